The molecule has 4 heteroatoms. The van der Waals surface area contributed by atoms with E-state index in [-0.39, 0.29) is 5.91 Å². The van der Waals surface area contributed by atoms with Gasteiger partial charge in [0.05, 0.1) is 19.2 Å². The molecule has 0 fully saturated rings. The summed E-state index contributed by atoms with van der Waals surface area (Å²) in [5.41, 5.74) is 9.33. The number of carbonyl (C=O) groups excluding carboxylic acids is 1. The standard InChI is InChI=1S/C17H20N2O2/c1-12-3-8-16(21-2)15(9-12)19-17(20)10-13-4-6-14(11-18)7-5-13/h3-9H,10-11,18H2,1-2H3,(H,19,20). The van der Waals surface area contributed by atoms with Crippen LogP contribution in [0.3, 0.4) is 0 Å². The van der Waals surface area contributed by atoms with Gasteiger partial charge in [0.1, 0.15) is 5.75 Å². The predicted molar refractivity (Wildman–Crippen MR) is 84.4 cm³/mol. The first kappa shape index (κ1) is 15.1. The van der Waals surface area contributed by atoms with Gasteiger partial charge in [0.25, 0.3) is 0 Å². The molecule has 2 aromatic rings. The minimum Gasteiger partial charge on any atom is -0.495 e. The SMILES string of the molecule is COc1ccc(C)cc1NC(=O)Cc1ccc(CN)cc1. The van der Waals surface area contributed by atoms with Gasteiger partial charge in [0.15, 0.2) is 0 Å². The number of anilines is 1. The van der Waals surface area contributed by atoms with E-state index >= 15 is 0 Å². The summed E-state index contributed by atoms with van der Waals surface area (Å²) < 4.78 is 5.25. The molecule has 0 aliphatic carbocycles. The summed E-state index contributed by atoms with van der Waals surface area (Å²) in [6.45, 7) is 2.48. The van der Waals surface area contributed by atoms with Gasteiger partial charge in [-0.15, -0.1) is 0 Å². The molecule has 0 aliphatic rings. The highest BCUT2D eigenvalue weighted by Crippen LogP contribution is 2.25. The van der Waals surface area contributed by atoms with Crippen molar-refractivity contribution in [2.45, 2.75) is 19.9 Å². The quantitative estimate of drug-likeness (QED) is 0.887. The Morgan fingerprint density at radius 1 is 1.14 bits per heavy atom. The average molecular weight is 284 g/mol. The molecule has 4 nitrogen and oxygen atoms in total. The number of ether oxygens (including phenoxy) is 1. The third-order valence-electron chi connectivity index (χ3n) is 3.25. The summed E-state index contributed by atoms with van der Waals surface area (Å²) in [7, 11) is 1.59. The maximum absolute atomic E-state index is 12.1. The predicted octanol–water partition coefficient (Wildman–Crippen LogP) is 2.64. The van der Waals surface area contributed by atoms with E-state index in [2.05, 4.69) is 5.32 Å². The van der Waals surface area contributed by atoms with E-state index in [1.54, 1.807) is 7.11 Å². The molecule has 3 N–H and O–H groups in total. The Morgan fingerprint density at radius 2 is 1.81 bits per heavy atom. The largest absolute Gasteiger partial charge is 0.495 e. The smallest absolute Gasteiger partial charge is 0.228 e. The van der Waals surface area contributed by atoms with Gasteiger partial charge in [-0.05, 0) is 35.7 Å². The Balaban J connectivity index is 2.05. The second-order valence-electron chi connectivity index (χ2n) is 4.95. The minimum atomic E-state index is -0.0700. The molecule has 21 heavy (non-hydrogen) atoms. The van der Waals surface area contributed by atoms with Crippen molar-refractivity contribution in [2.75, 3.05) is 12.4 Å². The van der Waals surface area contributed by atoms with Crippen LogP contribution in [0, 0.1) is 6.92 Å². The second kappa shape index (κ2) is 6.90. The van der Waals surface area contributed by atoms with Crippen molar-refractivity contribution in [3.8, 4) is 5.75 Å². The molecule has 1 amide bonds. The van der Waals surface area contributed by atoms with Crippen LogP contribution in [0.1, 0.15) is 16.7 Å². The van der Waals surface area contributed by atoms with E-state index in [1.165, 1.54) is 0 Å². The minimum absolute atomic E-state index is 0.0700. The van der Waals surface area contributed by atoms with E-state index in [0.29, 0.717) is 24.4 Å². The molecule has 0 spiro atoms. The Kier molecular flexibility index (Phi) is 4.95. The molecular weight excluding hydrogens is 264 g/mol. The zero-order valence-corrected chi connectivity index (χ0v) is 12.3. The number of nitrogens with two attached hydrogens (primary N) is 1. The van der Waals surface area contributed by atoms with Crippen LogP contribution in [0.2, 0.25) is 0 Å². The highest BCUT2D eigenvalue weighted by atomic mass is 16.5. The van der Waals surface area contributed by atoms with Crippen LogP contribution in [0.4, 0.5) is 5.69 Å². The second-order valence-corrected chi connectivity index (χ2v) is 4.95. The lowest BCUT2D eigenvalue weighted by atomic mass is 10.1. The van der Waals surface area contributed by atoms with Crippen LogP contribution >= 0.6 is 0 Å². The zero-order chi connectivity index (χ0) is 15.2. The maximum Gasteiger partial charge on any atom is 0.228 e. The molecule has 110 valence electrons. The average Bonchev–Trinajstić information content (AvgIpc) is 2.48. The van der Waals surface area contributed by atoms with Crippen molar-refractivity contribution < 1.29 is 9.53 Å². The first-order chi connectivity index (χ1) is 10.1. The number of hydrogen-bond acceptors (Lipinski definition) is 3. The highest BCUT2D eigenvalue weighted by Gasteiger charge is 2.08. The van der Waals surface area contributed by atoms with Crippen molar-refractivity contribution in [2.24, 2.45) is 5.73 Å². The Labute approximate surface area is 124 Å². The Bertz CT molecular complexity index is 621. The van der Waals surface area contributed by atoms with Crippen LogP contribution in [0.25, 0.3) is 0 Å². The van der Waals surface area contributed by atoms with Gasteiger partial charge in [0, 0.05) is 6.54 Å². The number of methoxy groups -OCH3 is 1. The summed E-state index contributed by atoms with van der Waals surface area (Å²) in [6, 6.07) is 13.4. The summed E-state index contributed by atoms with van der Waals surface area (Å²) in [6.07, 6.45) is 0.321. The Hall–Kier alpha value is -2.33. The molecule has 0 aliphatic heterocycles. The van der Waals surface area contributed by atoms with E-state index < -0.39 is 0 Å². The molecule has 0 atom stereocenters. The van der Waals surface area contributed by atoms with E-state index in [9.17, 15) is 4.79 Å². The number of amides is 1. The summed E-state index contributed by atoms with van der Waals surface area (Å²) in [5.74, 6) is 0.590. The molecule has 2 aromatic carbocycles. The van der Waals surface area contributed by atoms with Gasteiger partial charge in [0.2, 0.25) is 5.91 Å². The van der Waals surface area contributed by atoms with Crippen molar-refractivity contribution in [1.29, 1.82) is 0 Å². The van der Waals surface area contributed by atoms with Gasteiger partial charge < -0.3 is 15.8 Å². The van der Waals surface area contributed by atoms with Gasteiger partial charge in [-0.1, -0.05) is 30.3 Å². The molecule has 0 saturated carbocycles. The van der Waals surface area contributed by atoms with E-state index in [4.69, 9.17) is 10.5 Å². The monoisotopic (exact) mass is 284 g/mol. The summed E-state index contributed by atoms with van der Waals surface area (Å²) in [4.78, 5) is 12.1. The number of nitrogens with one attached hydrogen (secondary N) is 1. The van der Waals surface area contributed by atoms with Crippen molar-refractivity contribution >= 4 is 11.6 Å². The fraction of sp³-hybridized carbons (Fsp3) is 0.235. The molecule has 0 saturated heterocycles. The topological polar surface area (TPSA) is 64.3 Å². The van der Waals surface area contributed by atoms with Crippen LogP contribution in [-0.4, -0.2) is 13.0 Å². The lowest BCUT2D eigenvalue weighted by Gasteiger charge is -2.11. The van der Waals surface area contributed by atoms with Gasteiger partial charge in [-0.3, -0.25) is 4.79 Å². The number of carbonyl (C=O) groups is 1. The van der Waals surface area contributed by atoms with Gasteiger partial charge in [-0.25, -0.2) is 0 Å². The van der Waals surface area contributed by atoms with E-state index in [1.807, 2.05) is 49.4 Å². The van der Waals surface area contributed by atoms with Crippen LogP contribution in [-0.2, 0) is 17.8 Å². The molecule has 0 bridgehead atoms. The molecule has 2 rings (SSSR count). The van der Waals surface area contributed by atoms with Crippen molar-refractivity contribution in [1.82, 2.24) is 0 Å². The Morgan fingerprint density at radius 3 is 2.43 bits per heavy atom. The molecular formula is C17H20N2O2. The number of benzene rings is 2. The molecule has 0 aromatic heterocycles. The van der Waals surface area contributed by atoms with Crippen LogP contribution in [0.5, 0.6) is 5.75 Å². The summed E-state index contributed by atoms with van der Waals surface area (Å²) in [5, 5.41) is 2.89. The highest BCUT2D eigenvalue weighted by molar-refractivity contribution is 5.93. The van der Waals surface area contributed by atoms with Crippen LogP contribution < -0.4 is 15.8 Å². The first-order valence-electron chi connectivity index (χ1n) is 6.84. The first-order valence-corrected chi connectivity index (χ1v) is 6.84. The van der Waals surface area contributed by atoms with Gasteiger partial charge in [-0.2, -0.15) is 0 Å². The zero-order valence-electron chi connectivity index (χ0n) is 12.3. The summed E-state index contributed by atoms with van der Waals surface area (Å²) >= 11 is 0. The number of hydrogen-bond donors (Lipinski definition) is 2. The maximum atomic E-state index is 12.1. The molecule has 0 heterocycles. The van der Waals surface area contributed by atoms with Gasteiger partial charge >= 0.3 is 0 Å². The third kappa shape index (κ3) is 4.07. The third-order valence-corrected chi connectivity index (χ3v) is 3.25. The lowest BCUT2D eigenvalue weighted by Crippen LogP contribution is -2.15. The lowest BCUT2D eigenvalue weighted by molar-refractivity contribution is -0.115. The number of aryl methyl sites for hydroxylation is 1. The van der Waals surface area contributed by atoms with E-state index in [0.717, 1.165) is 16.7 Å². The van der Waals surface area contributed by atoms with Crippen molar-refractivity contribution in [3.63, 3.8) is 0 Å². The van der Waals surface area contributed by atoms with Crippen molar-refractivity contribution in [3.05, 3.63) is 59.2 Å². The fourth-order valence-electron chi connectivity index (χ4n) is 2.09. The van der Waals surface area contributed by atoms with Crippen LogP contribution in [0.15, 0.2) is 42.5 Å². The molecule has 0 unspecified atom stereocenters. The fourth-order valence-corrected chi connectivity index (χ4v) is 2.09. The normalized spacial score (nSPS) is 10.2. The number of rotatable bonds is 5. The molecule has 0 radical (unpaired) electrons.